The number of nitrogens with one attached hydrogen (secondary N) is 3. The van der Waals surface area contributed by atoms with Crippen LogP contribution in [-0.4, -0.2) is 55.0 Å². The lowest BCUT2D eigenvalue weighted by Gasteiger charge is -2.13. The molecule has 0 aliphatic carbocycles. The van der Waals surface area contributed by atoms with Gasteiger partial charge in [-0.1, -0.05) is 36.8 Å². The van der Waals surface area contributed by atoms with Gasteiger partial charge in [0.05, 0.1) is 12.8 Å². The minimum atomic E-state index is -3.20. The summed E-state index contributed by atoms with van der Waals surface area (Å²) < 4.78 is 26.8. The summed E-state index contributed by atoms with van der Waals surface area (Å²) in [5, 5.41) is 14.4. The van der Waals surface area contributed by atoms with E-state index in [2.05, 4.69) is 42.7 Å². The number of rotatable bonds is 10. The average Bonchev–Trinajstić information content (AvgIpc) is 3.10. The lowest BCUT2D eigenvalue weighted by atomic mass is 10.1. The molecule has 2 rings (SSSR count). The largest absolute Gasteiger partial charge is 0.355 e. The second-order valence-electron chi connectivity index (χ2n) is 6.46. The highest BCUT2D eigenvalue weighted by Crippen LogP contribution is 2.04. The molecule has 1 heterocycles. The zero-order valence-corrected chi connectivity index (χ0v) is 17.5. The van der Waals surface area contributed by atoms with Crippen LogP contribution in [0.3, 0.4) is 0 Å². The number of hydrogen-bond acceptors (Lipinski definition) is 5. The summed E-state index contributed by atoms with van der Waals surface area (Å²) >= 11 is 0. The maximum absolute atomic E-state index is 11.2. The first-order valence-corrected chi connectivity index (χ1v) is 11.2. The molecule has 0 atom stereocenters. The van der Waals surface area contributed by atoms with Crippen LogP contribution in [0.2, 0.25) is 0 Å². The van der Waals surface area contributed by atoms with Crippen LogP contribution in [0, 0.1) is 6.92 Å². The molecule has 0 saturated carbocycles. The van der Waals surface area contributed by atoms with Crippen LogP contribution in [0.1, 0.15) is 23.9 Å². The van der Waals surface area contributed by atoms with E-state index in [-0.39, 0.29) is 6.54 Å². The number of hydrogen-bond donors (Lipinski definition) is 3. The van der Waals surface area contributed by atoms with E-state index in [0.717, 1.165) is 24.1 Å². The van der Waals surface area contributed by atoms with Crippen molar-refractivity contribution in [3.05, 3.63) is 47.5 Å². The summed E-state index contributed by atoms with van der Waals surface area (Å²) in [5.41, 5.74) is 2.31. The monoisotopic (exact) mass is 407 g/mol. The Morgan fingerprint density at radius 3 is 2.54 bits per heavy atom. The summed E-state index contributed by atoms with van der Waals surface area (Å²) in [7, 11) is -3.20. The van der Waals surface area contributed by atoms with Gasteiger partial charge in [-0.25, -0.2) is 18.1 Å². The van der Waals surface area contributed by atoms with Gasteiger partial charge in [-0.2, -0.15) is 0 Å². The molecule has 0 aliphatic rings. The van der Waals surface area contributed by atoms with Crippen molar-refractivity contribution >= 4 is 16.0 Å². The lowest BCUT2D eigenvalue weighted by Crippen LogP contribution is -2.42. The maximum atomic E-state index is 11.2. The summed E-state index contributed by atoms with van der Waals surface area (Å²) in [5.74, 6) is 1.56. The summed E-state index contributed by atoms with van der Waals surface area (Å²) in [6, 6.07) is 8.21. The van der Waals surface area contributed by atoms with Crippen LogP contribution in [0.4, 0.5) is 0 Å². The van der Waals surface area contributed by atoms with E-state index in [1.807, 2.05) is 30.5 Å². The van der Waals surface area contributed by atoms with E-state index in [0.29, 0.717) is 32.1 Å². The number of sulfonamides is 1. The maximum Gasteiger partial charge on any atom is 0.208 e. The second kappa shape index (κ2) is 10.8. The summed E-state index contributed by atoms with van der Waals surface area (Å²) in [6.07, 6.45) is 3.68. The standard InChI is InChI=1S/C18H29N7O2S/c1-4-17-24-22-14-25(17)12-11-20-18(19-9-10-23-28(3,26)27)21-13-16-7-5-15(2)6-8-16/h5-8,14,23H,4,9-13H2,1-3H3,(H2,19,20,21). The SMILES string of the molecule is CCc1nncn1CCNC(=NCc1ccc(C)cc1)NCCNS(C)(=O)=O. The van der Waals surface area contributed by atoms with E-state index in [9.17, 15) is 8.42 Å². The highest BCUT2D eigenvalue weighted by Gasteiger charge is 2.04. The molecule has 0 bridgehead atoms. The van der Waals surface area contributed by atoms with Gasteiger partial charge >= 0.3 is 0 Å². The van der Waals surface area contributed by atoms with Gasteiger partial charge in [0.1, 0.15) is 12.2 Å². The summed E-state index contributed by atoms with van der Waals surface area (Å²) in [6.45, 7) is 6.69. The quantitative estimate of drug-likeness (QED) is 0.299. The van der Waals surface area contributed by atoms with Crippen molar-refractivity contribution in [2.75, 3.05) is 25.9 Å². The third kappa shape index (κ3) is 8.05. The molecule has 0 unspecified atom stereocenters. The van der Waals surface area contributed by atoms with E-state index >= 15 is 0 Å². The number of guanidine groups is 1. The molecular weight excluding hydrogens is 378 g/mol. The smallest absolute Gasteiger partial charge is 0.208 e. The minimum absolute atomic E-state index is 0.287. The molecule has 0 radical (unpaired) electrons. The van der Waals surface area contributed by atoms with Crippen molar-refractivity contribution in [1.29, 1.82) is 0 Å². The summed E-state index contributed by atoms with van der Waals surface area (Å²) in [4.78, 5) is 4.60. The molecule has 1 aromatic carbocycles. The molecule has 0 saturated heterocycles. The molecule has 0 fully saturated rings. The van der Waals surface area contributed by atoms with Gasteiger partial charge in [-0.15, -0.1) is 10.2 Å². The predicted molar refractivity (Wildman–Crippen MR) is 111 cm³/mol. The Morgan fingerprint density at radius 1 is 1.14 bits per heavy atom. The molecule has 2 aromatic rings. The molecule has 3 N–H and O–H groups in total. The van der Waals surface area contributed by atoms with Crippen LogP contribution < -0.4 is 15.4 Å². The fourth-order valence-corrected chi connectivity index (χ4v) is 2.96. The predicted octanol–water partition coefficient (Wildman–Crippen LogP) is 0.434. The number of aryl methyl sites for hydroxylation is 2. The molecule has 0 spiro atoms. The van der Waals surface area contributed by atoms with Gasteiger partial charge in [-0.05, 0) is 12.5 Å². The fourth-order valence-electron chi connectivity index (χ4n) is 2.49. The topological polar surface area (TPSA) is 113 Å². The van der Waals surface area contributed by atoms with Crippen LogP contribution >= 0.6 is 0 Å². The highest BCUT2D eigenvalue weighted by molar-refractivity contribution is 7.88. The molecular formula is C18H29N7O2S. The normalized spacial score (nSPS) is 12.2. The number of aliphatic imine (C=N–C) groups is 1. The Balaban J connectivity index is 1.92. The van der Waals surface area contributed by atoms with Gasteiger partial charge in [-0.3, -0.25) is 0 Å². The molecule has 154 valence electrons. The number of nitrogens with zero attached hydrogens (tertiary/aromatic N) is 4. The molecule has 1 aromatic heterocycles. The fraction of sp³-hybridized carbons (Fsp3) is 0.500. The highest BCUT2D eigenvalue weighted by atomic mass is 32.2. The third-order valence-electron chi connectivity index (χ3n) is 3.98. The van der Waals surface area contributed by atoms with Crippen LogP contribution in [0.5, 0.6) is 0 Å². The van der Waals surface area contributed by atoms with Gasteiger partial charge in [0.2, 0.25) is 10.0 Å². The van der Waals surface area contributed by atoms with Crippen LogP contribution in [-0.2, 0) is 29.5 Å². The lowest BCUT2D eigenvalue weighted by molar-refractivity contribution is 0.586. The van der Waals surface area contributed by atoms with Crippen molar-refractivity contribution in [1.82, 2.24) is 30.1 Å². The third-order valence-corrected chi connectivity index (χ3v) is 4.71. The van der Waals surface area contributed by atoms with Crippen molar-refractivity contribution < 1.29 is 8.42 Å². The minimum Gasteiger partial charge on any atom is -0.355 e. The Hall–Kier alpha value is -2.46. The van der Waals surface area contributed by atoms with Gasteiger partial charge in [0, 0.05) is 32.6 Å². The second-order valence-corrected chi connectivity index (χ2v) is 8.30. The van der Waals surface area contributed by atoms with Crippen LogP contribution in [0.25, 0.3) is 0 Å². The molecule has 0 aliphatic heterocycles. The van der Waals surface area contributed by atoms with Gasteiger partial charge in [0.15, 0.2) is 5.96 Å². The van der Waals surface area contributed by atoms with E-state index in [1.165, 1.54) is 5.56 Å². The average molecular weight is 408 g/mol. The van der Waals surface area contributed by atoms with E-state index in [4.69, 9.17) is 0 Å². The zero-order valence-electron chi connectivity index (χ0n) is 16.6. The first-order valence-electron chi connectivity index (χ1n) is 9.26. The van der Waals surface area contributed by atoms with Crippen LogP contribution in [0.15, 0.2) is 35.6 Å². The van der Waals surface area contributed by atoms with Gasteiger partial charge in [0.25, 0.3) is 0 Å². The van der Waals surface area contributed by atoms with Gasteiger partial charge < -0.3 is 15.2 Å². The van der Waals surface area contributed by atoms with E-state index < -0.39 is 10.0 Å². The Bertz CT molecular complexity index is 860. The zero-order chi connectivity index (χ0) is 20.4. The first kappa shape index (κ1) is 21.8. The van der Waals surface area contributed by atoms with Crippen molar-refractivity contribution in [2.24, 2.45) is 4.99 Å². The Labute approximate surface area is 166 Å². The molecule has 28 heavy (non-hydrogen) atoms. The molecule has 0 amide bonds. The first-order chi connectivity index (χ1) is 13.4. The molecule has 10 heteroatoms. The Kier molecular flexibility index (Phi) is 8.40. The molecule has 9 nitrogen and oxygen atoms in total. The number of aromatic nitrogens is 3. The Morgan fingerprint density at radius 2 is 1.86 bits per heavy atom. The van der Waals surface area contributed by atoms with Crippen molar-refractivity contribution in [3.8, 4) is 0 Å². The number of benzene rings is 1. The van der Waals surface area contributed by atoms with Crippen molar-refractivity contribution in [3.63, 3.8) is 0 Å². The van der Waals surface area contributed by atoms with Crippen molar-refractivity contribution in [2.45, 2.75) is 33.4 Å². The van der Waals surface area contributed by atoms with E-state index in [1.54, 1.807) is 6.33 Å².